The Balaban J connectivity index is 2.50. The molecule has 242 valence electrons. The molecule has 1 atom stereocenters. The average Bonchev–Trinajstić information content (AvgIpc) is 2.97. The fourth-order valence-corrected chi connectivity index (χ4v) is 5.53. The number of nitrogens with zero attached hydrogens (tertiary/aromatic N) is 1. The van der Waals surface area contributed by atoms with Gasteiger partial charge in [0.2, 0.25) is 5.91 Å². The molecule has 0 aromatic heterocycles. The lowest BCUT2D eigenvalue weighted by Gasteiger charge is -2.25. The highest BCUT2D eigenvalue weighted by atomic mass is 16.5. The van der Waals surface area contributed by atoms with E-state index in [0.717, 1.165) is 32.1 Å². The van der Waals surface area contributed by atoms with Crippen molar-refractivity contribution in [3.63, 3.8) is 0 Å². The van der Waals surface area contributed by atoms with E-state index in [1.54, 1.807) is 18.2 Å². The van der Waals surface area contributed by atoms with Gasteiger partial charge in [-0.3, -0.25) is 9.59 Å². The van der Waals surface area contributed by atoms with Gasteiger partial charge in [0.1, 0.15) is 11.9 Å². The Morgan fingerprint density at radius 3 is 1.74 bits per heavy atom. The lowest BCUT2D eigenvalue weighted by molar-refractivity contribution is -0.150. The highest BCUT2D eigenvalue weighted by molar-refractivity contribution is 5.94. The molecular weight excluding hydrogens is 526 g/mol. The minimum absolute atomic E-state index is 0.0629. The smallest absolute Gasteiger partial charge is 0.306 e. The molecule has 6 nitrogen and oxygen atoms in total. The Bertz CT molecular complexity index is 799. The molecule has 2 N–H and O–H groups in total. The third-order valence-corrected chi connectivity index (χ3v) is 8.08. The Morgan fingerprint density at radius 1 is 0.738 bits per heavy atom. The molecule has 0 spiro atoms. The fourth-order valence-electron chi connectivity index (χ4n) is 5.53. The molecule has 0 aliphatic carbocycles. The molecule has 0 radical (unpaired) electrons. The van der Waals surface area contributed by atoms with Crippen molar-refractivity contribution in [3.05, 3.63) is 24.3 Å². The van der Waals surface area contributed by atoms with Crippen molar-refractivity contribution in [3.8, 4) is 5.75 Å². The first kappa shape index (κ1) is 37.9. The third-order valence-electron chi connectivity index (χ3n) is 8.08. The number of esters is 1. The molecule has 1 aromatic carbocycles. The predicted octanol–water partition coefficient (Wildman–Crippen LogP) is 9.64. The normalized spacial score (nSPS) is 11.9. The highest BCUT2D eigenvalue weighted by Gasteiger charge is 2.23. The lowest BCUT2D eigenvalue weighted by atomic mass is 10.0. The summed E-state index contributed by atoms with van der Waals surface area (Å²) in [4.78, 5) is 27.5. The van der Waals surface area contributed by atoms with Gasteiger partial charge in [0.25, 0.3) is 0 Å². The monoisotopic (exact) mass is 589 g/mol. The van der Waals surface area contributed by atoms with Gasteiger partial charge in [-0.1, -0.05) is 135 Å². The molecule has 0 saturated carbocycles. The average molecular weight is 590 g/mol. The Kier molecular flexibility index (Phi) is 24.0. The molecule has 0 bridgehead atoms. The number of hydrogen-bond donors (Lipinski definition) is 2. The highest BCUT2D eigenvalue weighted by Crippen LogP contribution is 2.23. The third kappa shape index (κ3) is 19.9. The SMILES string of the molecule is CCCCCCCCCCCCCC(=O)O[C@H](CCCCCCCCCCC)CC(=O)N(CCO)c1cccc(O)c1. The number of carbonyl (C=O) groups excluding carboxylic acids is 2. The molecule has 42 heavy (non-hydrogen) atoms. The second kappa shape index (κ2) is 26.5. The molecular formula is C36H63NO5. The van der Waals surface area contributed by atoms with Crippen LogP contribution in [0.2, 0.25) is 0 Å². The van der Waals surface area contributed by atoms with Crippen LogP contribution >= 0.6 is 0 Å². The van der Waals surface area contributed by atoms with E-state index < -0.39 is 6.10 Å². The summed E-state index contributed by atoms with van der Waals surface area (Å²) in [5.74, 6) is -0.364. The molecule has 1 rings (SSSR count). The molecule has 0 saturated heterocycles. The van der Waals surface area contributed by atoms with Crippen LogP contribution in [-0.4, -0.2) is 41.3 Å². The van der Waals surface area contributed by atoms with Crippen LogP contribution in [0.4, 0.5) is 5.69 Å². The van der Waals surface area contributed by atoms with E-state index in [9.17, 15) is 19.8 Å². The van der Waals surface area contributed by atoms with E-state index in [1.165, 1.54) is 107 Å². The topological polar surface area (TPSA) is 87.1 Å². The zero-order chi connectivity index (χ0) is 30.7. The first-order valence-corrected chi connectivity index (χ1v) is 17.4. The van der Waals surface area contributed by atoms with Gasteiger partial charge in [0, 0.05) is 24.7 Å². The summed E-state index contributed by atoms with van der Waals surface area (Å²) in [6.45, 7) is 4.42. The van der Waals surface area contributed by atoms with E-state index >= 15 is 0 Å². The maximum absolute atomic E-state index is 13.3. The van der Waals surface area contributed by atoms with Crippen LogP contribution in [0.25, 0.3) is 0 Å². The van der Waals surface area contributed by atoms with Crippen molar-refractivity contribution >= 4 is 17.6 Å². The molecule has 1 aromatic rings. The summed E-state index contributed by atoms with van der Waals surface area (Å²) in [5.41, 5.74) is 0.531. The van der Waals surface area contributed by atoms with E-state index in [1.807, 2.05) is 0 Å². The molecule has 0 fully saturated rings. The number of hydrogen-bond acceptors (Lipinski definition) is 5. The van der Waals surface area contributed by atoms with Crippen LogP contribution in [-0.2, 0) is 14.3 Å². The number of amides is 1. The number of aliphatic hydroxyl groups is 1. The number of rotatable bonds is 28. The van der Waals surface area contributed by atoms with Crippen LogP contribution in [0.1, 0.15) is 162 Å². The van der Waals surface area contributed by atoms with Gasteiger partial charge in [-0.2, -0.15) is 0 Å². The number of aromatic hydroxyl groups is 1. The van der Waals surface area contributed by atoms with Gasteiger partial charge in [-0.15, -0.1) is 0 Å². The van der Waals surface area contributed by atoms with E-state index in [-0.39, 0.29) is 37.2 Å². The van der Waals surface area contributed by atoms with Gasteiger partial charge in [0.05, 0.1) is 13.0 Å². The van der Waals surface area contributed by atoms with Gasteiger partial charge >= 0.3 is 5.97 Å². The van der Waals surface area contributed by atoms with Gasteiger partial charge in [0.15, 0.2) is 0 Å². The summed E-state index contributed by atoms with van der Waals surface area (Å²) in [7, 11) is 0. The summed E-state index contributed by atoms with van der Waals surface area (Å²) in [6.07, 6.45) is 25.1. The lowest BCUT2D eigenvalue weighted by Crippen LogP contribution is -2.36. The number of phenols is 1. The van der Waals surface area contributed by atoms with Gasteiger partial charge in [-0.25, -0.2) is 0 Å². The van der Waals surface area contributed by atoms with E-state index in [0.29, 0.717) is 18.5 Å². The van der Waals surface area contributed by atoms with Crippen molar-refractivity contribution in [1.29, 1.82) is 0 Å². The number of aliphatic hydroxyl groups excluding tert-OH is 1. The maximum Gasteiger partial charge on any atom is 0.306 e. The Morgan fingerprint density at radius 2 is 1.24 bits per heavy atom. The van der Waals surface area contributed by atoms with E-state index in [2.05, 4.69) is 13.8 Å². The second-order valence-electron chi connectivity index (χ2n) is 12.0. The summed E-state index contributed by atoms with van der Waals surface area (Å²) < 4.78 is 5.87. The summed E-state index contributed by atoms with van der Waals surface area (Å²) in [6, 6.07) is 6.48. The van der Waals surface area contributed by atoms with E-state index in [4.69, 9.17) is 4.74 Å². The van der Waals surface area contributed by atoms with Crippen molar-refractivity contribution in [2.45, 2.75) is 168 Å². The molecule has 6 heteroatoms. The second-order valence-corrected chi connectivity index (χ2v) is 12.0. The van der Waals surface area contributed by atoms with Crippen LogP contribution in [0.5, 0.6) is 5.75 Å². The van der Waals surface area contributed by atoms with Crippen molar-refractivity contribution in [1.82, 2.24) is 0 Å². The van der Waals surface area contributed by atoms with Crippen LogP contribution < -0.4 is 4.90 Å². The number of benzene rings is 1. The number of anilines is 1. The van der Waals surface area contributed by atoms with Crippen LogP contribution in [0, 0.1) is 0 Å². The van der Waals surface area contributed by atoms with Crippen LogP contribution in [0.3, 0.4) is 0 Å². The first-order chi connectivity index (χ1) is 20.5. The van der Waals surface area contributed by atoms with Crippen molar-refractivity contribution in [2.24, 2.45) is 0 Å². The molecule has 1 amide bonds. The maximum atomic E-state index is 13.3. The van der Waals surface area contributed by atoms with Gasteiger partial charge in [-0.05, 0) is 31.4 Å². The standard InChI is InChI=1S/C36H63NO5/c1-3-5-7-9-11-13-14-16-18-20-22-27-36(41)42-34(26-21-19-17-15-12-10-8-6-4-2)31-35(40)37(28-29-38)32-24-23-25-33(39)30-32/h23-25,30,34,38-39H,3-22,26-29,31H2,1-2H3/t34-/m1/s1. The number of carbonyl (C=O) groups is 2. The molecule has 0 aliphatic rings. The summed E-state index contributed by atoms with van der Waals surface area (Å²) in [5, 5.41) is 19.5. The summed E-state index contributed by atoms with van der Waals surface area (Å²) >= 11 is 0. The number of ether oxygens (including phenoxy) is 1. The number of phenolic OH excluding ortho intramolecular Hbond substituents is 1. The minimum Gasteiger partial charge on any atom is -0.508 e. The largest absolute Gasteiger partial charge is 0.508 e. The van der Waals surface area contributed by atoms with Crippen molar-refractivity contribution in [2.75, 3.05) is 18.1 Å². The minimum atomic E-state index is -0.472. The Hall–Kier alpha value is -2.08. The van der Waals surface area contributed by atoms with Crippen molar-refractivity contribution < 1.29 is 24.5 Å². The van der Waals surface area contributed by atoms with Gasteiger partial charge < -0.3 is 19.8 Å². The fraction of sp³-hybridized carbons (Fsp3) is 0.778. The molecule has 0 unspecified atom stereocenters. The molecule has 0 aliphatic heterocycles. The Labute approximate surface area is 257 Å². The van der Waals surface area contributed by atoms with Crippen LogP contribution in [0.15, 0.2) is 24.3 Å². The first-order valence-electron chi connectivity index (χ1n) is 17.4. The zero-order valence-corrected chi connectivity index (χ0v) is 27.1. The zero-order valence-electron chi connectivity index (χ0n) is 27.1. The molecule has 0 heterocycles. The predicted molar refractivity (Wildman–Crippen MR) is 175 cm³/mol. The quantitative estimate of drug-likeness (QED) is 0.0750. The number of unbranched alkanes of at least 4 members (excludes halogenated alkanes) is 18.